The second-order valence-electron chi connectivity index (χ2n) is 6.10. The lowest BCUT2D eigenvalue weighted by atomic mass is 10.1. The highest BCUT2D eigenvalue weighted by Gasteiger charge is 2.20. The Morgan fingerprint density at radius 2 is 1.65 bits per heavy atom. The largest absolute Gasteiger partial charge is 0.492 e. The van der Waals surface area contributed by atoms with Gasteiger partial charge in [-0.2, -0.15) is 4.31 Å². The molecule has 0 fully saturated rings. The number of amides is 1. The van der Waals surface area contributed by atoms with Crippen LogP contribution in [0.1, 0.15) is 18.1 Å². The van der Waals surface area contributed by atoms with Crippen LogP contribution in [0.15, 0.2) is 47.4 Å². The molecule has 0 aromatic heterocycles. The number of carbonyl (C=O) groups is 1. The predicted octanol–water partition coefficient (Wildman–Crippen LogP) is 2.96. The Morgan fingerprint density at radius 1 is 1.08 bits per heavy atom. The van der Waals surface area contributed by atoms with Crippen molar-refractivity contribution in [1.82, 2.24) is 4.31 Å². The lowest BCUT2D eigenvalue weighted by molar-refractivity contribution is -0.114. The lowest BCUT2D eigenvalue weighted by Crippen LogP contribution is -2.31. The van der Waals surface area contributed by atoms with Crippen molar-refractivity contribution in [2.45, 2.75) is 25.7 Å². The van der Waals surface area contributed by atoms with E-state index in [1.54, 1.807) is 12.1 Å². The van der Waals surface area contributed by atoms with Crippen LogP contribution in [0.25, 0.3) is 0 Å². The van der Waals surface area contributed by atoms with Crippen LogP contribution in [0.3, 0.4) is 0 Å². The van der Waals surface area contributed by atoms with E-state index in [9.17, 15) is 13.2 Å². The molecule has 1 amide bonds. The third-order valence-corrected chi connectivity index (χ3v) is 5.82. The first-order valence-electron chi connectivity index (χ1n) is 8.25. The Balaban J connectivity index is 2.01. The van der Waals surface area contributed by atoms with E-state index in [0.717, 1.165) is 16.9 Å². The summed E-state index contributed by atoms with van der Waals surface area (Å²) >= 11 is 0. The van der Waals surface area contributed by atoms with Crippen molar-refractivity contribution in [3.05, 3.63) is 53.6 Å². The standard InChI is InChI=1S/C19H24N2O4S/c1-14-6-5-7-15(2)19(14)25-13-12-21(4)26(23,24)18-10-8-17(9-11-18)20-16(3)22/h5-11H,12-13H2,1-4H3,(H,20,22). The number of nitrogens with zero attached hydrogens (tertiary/aromatic N) is 1. The average molecular weight is 376 g/mol. The topological polar surface area (TPSA) is 75.7 Å². The maximum atomic E-state index is 12.6. The van der Waals surface area contributed by atoms with Gasteiger partial charge in [0.1, 0.15) is 12.4 Å². The zero-order valence-electron chi connectivity index (χ0n) is 15.4. The first-order chi connectivity index (χ1) is 12.2. The number of benzene rings is 2. The molecule has 26 heavy (non-hydrogen) atoms. The van der Waals surface area contributed by atoms with Crippen LogP contribution in [0.4, 0.5) is 5.69 Å². The van der Waals surface area contributed by atoms with Crippen molar-refractivity contribution in [2.75, 3.05) is 25.5 Å². The molecule has 6 nitrogen and oxygen atoms in total. The number of nitrogens with one attached hydrogen (secondary N) is 1. The van der Waals surface area contributed by atoms with Crippen molar-refractivity contribution in [2.24, 2.45) is 0 Å². The average Bonchev–Trinajstić information content (AvgIpc) is 2.57. The fraction of sp³-hybridized carbons (Fsp3) is 0.316. The molecule has 1 N–H and O–H groups in total. The summed E-state index contributed by atoms with van der Waals surface area (Å²) in [5.74, 6) is 0.583. The van der Waals surface area contributed by atoms with Crippen LogP contribution in [0.2, 0.25) is 0 Å². The van der Waals surface area contributed by atoms with Gasteiger partial charge in [0.2, 0.25) is 15.9 Å². The van der Waals surface area contributed by atoms with E-state index >= 15 is 0 Å². The number of para-hydroxylation sites is 1. The Bertz CT molecular complexity index is 857. The van der Waals surface area contributed by atoms with Crippen LogP contribution >= 0.6 is 0 Å². The first kappa shape index (κ1) is 19.9. The summed E-state index contributed by atoms with van der Waals surface area (Å²) in [6, 6.07) is 12.0. The Labute approximate surface area is 154 Å². The minimum atomic E-state index is -3.62. The third kappa shape index (κ3) is 4.83. The summed E-state index contributed by atoms with van der Waals surface area (Å²) < 4.78 is 32.3. The number of likely N-dealkylation sites (N-methyl/N-ethyl adjacent to an activating group) is 1. The number of carbonyl (C=O) groups excluding carboxylic acids is 1. The summed E-state index contributed by atoms with van der Waals surface area (Å²) in [4.78, 5) is 11.2. The zero-order chi connectivity index (χ0) is 19.3. The molecule has 0 spiro atoms. The van der Waals surface area contributed by atoms with Gasteiger partial charge in [-0.3, -0.25) is 4.79 Å². The molecule has 2 aromatic rings. The molecule has 0 aliphatic carbocycles. The van der Waals surface area contributed by atoms with E-state index in [2.05, 4.69) is 5.32 Å². The normalized spacial score (nSPS) is 11.4. The number of hydrogen-bond donors (Lipinski definition) is 1. The summed E-state index contributed by atoms with van der Waals surface area (Å²) in [5, 5.41) is 2.61. The smallest absolute Gasteiger partial charge is 0.242 e. The van der Waals surface area contributed by atoms with Crippen molar-refractivity contribution >= 4 is 21.6 Å². The summed E-state index contributed by atoms with van der Waals surface area (Å²) in [5.41, 5.74) is 2.59. The second-order valence-corrected chi connectivity index (χ2v) is 8.15. The summed E-state index contributed by atoms with van der Waals surface area (Å²) in [6.07, 6.45) is 0. The van der Waals surface area contributed by atoms with E-state index in [0.29, 0.717) is 5.69 Å². The van der Waals surface area contributed by atoms with E-state index in [4.69, 9.17) is 4.74 Å². The van der Waals surface area contributed by atoms with Gasteiger partial charge < -0.3 is 10.1 Å². The monoisotopic (exact) mass is 376 g/mol. The predicted molar refractivity (Wildman–Crippen MR) is 102 cm³/mol. The maximum absolute atomic E-state index is 12.6. The van der Waals surface area contributed by atoms with Gasteiger partial charge in [0, 0.05) is 26.2 Å². The Hall–Kier alpha value is -2.38. The first-order valence-corrected chi connectivity index (χ1v) is 9.69. The minimum Gasteiger partial charge on any atom is -0.492 e. The molecule has 0 heterocycles. The van der Waals surface area contributed by atoms with Gasteiger partial charge in [0.25, 0.3) is 0 Å². The molecule has 140 valence electrons. The molecule has 0 radical (unpaired) electrons. The number of rotatable bonds is 7. The number of aryl methyl sites for hydroxylation is 2. The highest BCUT2D eigenvalue weighted by atomic mass is 32.2. The van der Waals surface area contributed by atoms with Crippen molar-refractivity contribution < 1.29 is 17.9 Å². The molecule has 2 rings (SSSR count). The number of hydrogen-bond acceptors (Lipinski definition) is 4. The van der Waals surface area contributed by atoms with Crippen molar-refractivity contribution in [1.29, 1.82) is 0 Å². The molecular weight excluding hydrogens is 352 g/mol. The van der Waals surface area contributed by atoms with Gasteiger partial charge in [0.15, 0.2) is 0 Å². The van der Waals surface area contributed by atoms with Crippen molar-refractivity contribution in [3.8, 4) is 5.75 Å². The third-order valence-electron chi connectivity index (χ3n) is 3.94. The number of ether oxygens (including phenoxy) is 1. The Morgan fingerprint density at radius 3 is 2.19 bits per heavy atom. The fourth-order valence-electron chi connectivity index (χ4n) is 2.52. The maximum Gasteiger partial charge on any atom is 0.242 e. The fourth-order valence-corrected chi connectivity index (χ4v) is 3.67. The summed E-state index contributed by atoms with van der Waals surface area (Å²) in [6.45, 7) is 5.79. The van der Waals surface area contributed by atoms with Gasteiger partial charge in [-0.1, -0.05) is 18.2 Å². The SMILES string of the molecule is CC(=O)Nc1ccc(S(=O)(=O)N(C)CCOc2c(C)cccc2C)cc1. The van der Waals surface area contributed by atoms with Crippen LogP contribution < -0.4 is 10.1 Å². The van der Waals surface area contributed by atoms with E-state index in [1.165, 1.54) is 30.4 Å². The van der Waals surface area contributed by atoms with Gasteiger partial charge in [0.05, 0.1) is 4.90 Å². The highest BCUT2D eigenvalue weighted by molar-refractivity contribution is 7.89. The van der Waals surface area contributed by atoms with Crippen LogP contribution in [-0.4, -0.2) is 38.8 Å². The van der Waals surface area contributed by atoms with E-state index < -0.39 is 10.0 Å². The molecular formula is C19H24N2O4S. The van der Waals surface area contributed by atoms with Crippen LogP contribution in [0.5, 0.6) is 5.75 Å². The molecule has 0 saturated carbocycles. The van der Waals surface area contributed by atoms with E-state index in [1.807, 2.05) is 32.0 Å². The van der Waals surface area contributed by atoms with Crippen molar-refractivity contribution in [3.63, 3.8) is 0 Å². The quantitative estimate of drug-likeness (QED) is 0.806. The molecule has 0 saturated heterocycles. The molecule has 0 unspecified atom stereocenters. The Kier molecular flexibility index (Phi) is 6.39. The molecule has 0 aliphatic heterocycles. The summed E-state index contributed by atoms with van der Waals surface area (Å²) in [7, 11) is -2.10. The molecule has 0 bridgehead atoms. The molecule has 2 aromatic carbocycles. The highest BCUT2D eigenvalue weighted by Crippen LogP contribution is 2.22. The van der Waals surface area contributed by atoms with E-state index in [-0.39, 0.29) is 24.0 Å². The zero-order valence-corrected chi connectivity index (χ0v) is 16.3. The molecule has 0 atom stereocenters. The van der Waals surface area contributed by atoms with Gasteiger partial charge in [-0.15, -0.1) is 0 Å². The number of sulfonamides is 1. The minimum absolute atomic E-state index is 0.168. The van der Waals surface area contributed by atoms with Gasteiger partial charge in [-0.05, 0) is 49.2 Å². The van der Waals surface area contributed by atoms with Crippen LogP contribution in [0, 0.1) is 13.8 Å². The van der Waals surface area contributed by atoms with Gasteiger partial charge >= 0.3 is 0 Å². The molecule has 0 aliphatic rings. The molecule has 7 heteroatoms. The van der Waals surface area contributed by atoms with Gasteiger partial charge in [-0.25, -0.2) is 8.42 Å². The second kappa shape index (κ2) is 8.33. The van der Waals surface area contributed by atoms with Crippen LogP contribution in [-0.2, 0) is 14.8 Å². The number of anilines is 1. The lowest BCUT2D eigenvalue weighted by Gasteiger charge is -2.19.